The molecule has 2 N–H and O–H groups in total. The highest BCUT2D eigenvalue weighted by Gasteiger charge is 2.39. The maximum atomic E-state index is 10.8. The number of hydrogen-bond acceptors (Lipinski definition) is 5. The molecule has 1 amide bonds. The number of primary amides is 1. The van der Waals surface area contributed by atoms with E-state index in [1.54, 1.807) is 0 Å². The van der Waals surface area contributed by atoms with Crippen LogP contribution < -0.4 is 5.73 Å². The van der Waals surface area contributed by atoms with E-state index in [9.17, 15) is 14.9 Å². The summed E-state index contributed by atoms with van der Waals surface area (Å²) in [7, 11) is 1.42. The lowest BCUT2D eigenvalue weighted by atomic mass is 10.1. The van der Waals surface area contributed by atoms with Crippen LogP contribution in [0.25, 0.3) is 0 Å². The Morgan fingerprint density at radius 2 is 2.07 bits per heavy atom. The Labute approximate surface area is 80.3 Å². The van der Waals surface area contributed by atoms with Crippen molar-refractivity contribution in [3.05, 3.63) is 10.1 Å². The second kappa shape index (κ2) is 4.23. The van der Waals surface area contributed by atoms with E-state index in [0.717, 1.165) is 0 Å². The predicted octanol–water partition coefficient (Wildman–Crippen LogP) is -0.526. The molecule has 0 aromatic rings. The molecule has 1 rings (SSSR count). The molecule has 7 nitrogen and oxygen atoms in total. The number of nitrogens with zero attached hydrogens (tertiary/aromatic N) is 1. The Morgan fingerprint density at radius 3 is 2.50 bits per heavy atom. The predicted molar refractivity (Wildman–Crippen MR) is 44.6 cm³/mol. The second-order valence-electron chi connectivity index (χ2n) is 3.21. The molecule has 80 valence electrons. The van der Waals surface area contributed by atoms with Gasteiger partial charge in [0.05, 0.1) is 6.10 Å². The Hall–Kier alpha value is -1.37. The van der Waals surface area contributed by atoms with Gasteiger partial charge >= 0.3 is 0 Å². The summed E-state index contributed by atoms with van der Waals surface area (Å²) in [6.07, 6.45) is -0.496. The van der Waals surface area contributed by atoms with Gasteiger partial charge < -0.3 is 15.3 Å². The highest BCUT2D eigenvalue weighted by molar-refractivity contribution is 5.77. The SMILES string of the molecule is COC1CC(C(N)=O)C[C@@H]1O[N+](=O)[O-]. The van der Waals surface area contributed by atoms with Gasteiger partial charge in [-0.2, -0.15) is 0 Å². The number of rotatable bonds is 4. The maximum absolute atomic E-state index is 10.8. The summed E-state index contributed by atoms with van der Waals surface area (Å²) in [4.78, 5) is 25.3. The number of nitrogens with two attached hydrogens (primary N) is 1. The highest BCUT2D eigenvalue weighted by atomic mass is 17.0. The van der Waals surface area contributed by atoms with Crippen LogP contribution in [0.5, 0.6) is 0 Å². The first-order chi connectivity index (χ1) is 6.54. The summed E-state index contributed by atoms with van der Waals surface area (Å²) >= 11 is 0. The molecule has 0 bridgehead atoms. The topological polar surface area (TPSA) is 105 Å². The summed E-state index contributed by atoms with van der Waals surface area (Å²) in [5.74, 6) is -0.869. The van der Waals surface area contributed by atoms with Crippen LogP contribution in [-0.2, 0) is 14.4 Å². The number of methoxy groups -OCH3 is 1. The minimum Gasteiger partial charge on any atom is -0.379 e. The van der Waals surface area contributed by atoms with Gasteiger partial charge in [0.25, 0.3) is 5.09 Å². The first-order valence-corrected chi connectivity index (χ1v) is 4.18. The molecule has 0 aliphatic heterocycles. The monoisotopic (exact) mass is 204 g/mol. The molecule has 2 unspecified atom stereocenters. The molecule has 0 saturated heterocycles. The second-order valence-corrected chi connectivity index (χ2v) is 3.21. The fourth-order valence-corrected chi connectivity index (χ4v) is 1.66. The van der Waals surface area contributed by atoms with Crippen LogP contribution in [-0.4, -0.2) is 30.3 Å². The van der Waals surface area contributed by atoms with Gasteiger partial charge in [-0.05, 0) is 12.8 Å². The third kappa shape index (κ3) is 2.32. The van der Waals surface area contributed by atoms with Gasteiger partial charge in [0.15, 0.2) is 0 Å². The minimum absolute atomic E-state index is 0.245. The smallest absolute Gasteiger partial charge is 0.294 e. The summed E-state index contributed by atoms with van der Waals surface area (Å²) in [5.41, 5.74) is 5.09. The van der Waals surface area contributed by atoms with Gasteiger partial charge in [-0.1, -0.05) is 0 Å². The first kappa shape index (κ1) is 10.7. The van der Waals surface area contributed by atoms with E-state index in [-0.39, 0.29) is 6.42 Å². The van der Waals surface area contributed by atoms with E-state index in [2.05, 4.69) is 4.84 Å². The number of ether oxygens (including phenoxy) is 1. The molecule has 0 aromatic carbocycles. The zero-order valence-electron chi connectivity index (χ0n) is 7.71. The van der Waals surface area contributed by atoms with Gasteiger partial charge in [0.1, 0.15) is 6.10 Å². The van der Waals surface area contributed by atoms with Crippen LogP contribution in [0.15, 0.2) is 0 Å². The third-order valence-corrected chi connectivity index (χ3v) is 2.37. The summed E-state index contributed by atoms with van der Waals surface area (Å²) < 4.78 is 4.97. The molecule has 1 saturated carbocycles. The lowest BCUT2D eigenvalue weighted by molar-refractivity contribution is -0.770. The third-order valence-electron chi connectivity index (χ3n) is 2.37. The van der Waals surface area contributed by atoms with Crippen molar-refractivity contribution in [1.29, 1.82) is 0 Å². The molecule has 0 spiro atoms. The van der Waals surface area contributed by atoms with E-state index >= 15 is 0 Å². The van der Waals surface area contributed by atoms with Crippen LogP contribution in [0.1, 0.15) is 12.8 Å². The van der Waals surface area contributed by atoms with Gasteiger partial charge in [-0.25, -0.2) is 0 Å². The van der Waals surface area contributed by atoms with Crippen molar-refractivity contribution in [2.75, 3.05) is 7.11 Å². The molecule has 7 heteroatoms. The van der Waals surface area contributed by atoms with Crippen molar-refractivity contribution in [3.63, 3.8) is 0 Å². The molecule has 1 aliphatic carbocycles. The van der Waals surface area contributed by atoms with Crippen molar-refractivity contribution in [1.82, 2.24) is 0 Å². The van der Waals surface area contributed by atoms with Gasteiger partial charge in [-0.15, -0.1) is 10.1 Å². The van der Waals surface area contributed by atoms with Crippen LogP contribution in [0.4, 0.5) is 0 Å². The zero-order chi connectivity index (χ0) is 10.7. The maximum Gasteiger partial charge on any atom is 0.294 e. The lowest BCUT2D eigenvalue weighted by Crippen LogP contribution is -2.27. The van der Waals surface area contributed by atoms with E-state index in [0.29, 0.717) is 6.42 Å². The van der Waals surface area contributed by atoms with Gasteiger partial charge in [0.2, 0.25) is 5.91 Å². The van der Waals surface area contributed by atoms with E-state index in [1.165, 1.54) is 7.11 Å². The van der Waals surface area contributed by atoms with Crippen molar-refractivity contribution in [2.45, 2.75) is 25.0 Å². The highest BCUT2D eigenvalue weighted by Crippen LogP contribution is 2.29. The van der Waals surface area contributed by atoms with Crippen LogP contribution >= 0.6 is 0 Å². The van der Waals surface area contributed by atoms with Gasteiger partial charge in [-0.3, -0.25) is 4.79 Å². The fourth-order valence-electron chi connectivity index (χ4n) is 1.66. The van der Waals surface area contributed by atoms with E-state index in [4.69, 9.17) is 10.5 Å². The zero-order valence-corrected chi connectivity index (χ0v) is 7.71. The van der Waals surface area contributed by atoms with Crippen molar-refractivity contribution in [2.24, 2.45) is 11.7 Å². The number of carbonyl (C=O) groups excluding carboxylic acids is 1. The number of amides is 1. The standard InChI is InChI=1S/C7H12N2O5/c1-13-5-2-4(7(8)10)3-6(5)14-9(11)12/h4-6H,2-3H2,1H3,(H2,8,10)/t4?,5?,6-/m0/s1. The minimum atomic E-state index is -0.875. The molecule has 1 aliphatic rings. The van der Waals surface area contributed by atoms with Crippen molar-refractivity contribution in [3.8, 4) is 0 Å². The molecule has 0 heterocycles. The first-order valence-electron chi connectivity index (χ1n) is 4.18. The van der Waals surface area contributed by atoms with E-state index < -0.39 is 29.1 Å². The van der Waals surface area contributed by atoms with Gasteiger partial charge in [0, 0.05) is 13.0 Å². The lowest BCUT2D eigenvalue weighted by Gasteiger charge is -2.14. The number of carbonyl (C=O) groups is 1. The number of hydrogen-bond donors (Lipinski definition) is 1. The quantitative estimate of drug-likeness (QED) is 0.489. The average molecular weight is 204 g/mol. The Bertz CT molecular complexity index is 244. The normalized spacial score (nSPS) is 31.4. The van der Waals surface area contributed by atoms with Crippen LogP contribution in [0.3, 0.4) is 0 Å². The largest absolute Gasteiger partial charge is 0.379 e. The Balaban J connectivity index is 2.57. The molecule has 0 aromatic heterocycles. The Morgan fingerprint density at radius 1 is 1.50 bits per heavy atom. The molecule has 0 radical (unpaired) electrons. The summed E-state index contributed by atoms with van der Waals surface area (Å²) in [6.45, 7) is 0. The Kier molecular flexibility index (Phi) is 3.23. The molecular weight excluding hydrogens is 192 g/mol. The van der Waals surface area contributed by atoms with Crippen molar-refractivity contribution >= 4 is 5.91 Å². The van der Waals surface area contributed by atoms with E-state index in [1.807, 2.05) is 0 Å². The summed E-state index contributed by atoms with van der Waals surface area (Å²) in [6, 6.07) is 0. The fraction of sp³-hybridized carbons (Fsp3) is 0.857. The molecule has 3 atom stereocenters. The van der Waals surface area contributed by atoms with Crippen molar-refractivity contribution < 1.29 is 19.5 Å². The molecule has 1 fully saturated rings. The van der Waals surface area contributed by atoms with Crippen LogP contribution in [0.2, 0.25) is 0 Å². The van der Waals surface area contributed by atoms with Crippen LogP contribution in [0, 0.1) is 16.0 Å². The summed E-state index contributed by atoms with van der Waals surface area (Å²) in [5, 5.41) is 9.23. The average Bonchev–Trinajstić information content (AvgIpc) is 2.46. The molecular formula is C7H12N2O5. The molecule has 14 heavy (non-hydrogen) atoms.